The first-order valence-electron chi connectivity index (χ1n) is 13.0. The van der Waals surface area contributed by atoms with Crippen LogP contribution in [0.2, 0.25) is 0 Å². The third kappa shape index (κ3) is 8.41. The van der Waals surface area contributed by atoms with Gasteiger partial charge in [0.15, 0.2) is 18.3 Å². The Morgan fingerprint density at radius 3 is 1.86 bits per heavy atom. The molecular weight excluding hydrogens is 564 g/mol. The van der Waals surface area contributed by atoms with Crippen LogP contribution in [0.5, 0.6) is 5.88 Å². The molecule has 0 aliphatic carbocycles. The lowest BCUT2D eigenvalue weighted by Gasteiger charge is -2.41. The van der Waals surface area contributed by atoms with Gasteiger partial charge in [-0.25, -0.2) is 4.79 Å². The van der Waals surface area contributed by atoms with E-state index in [4.69, 9.17) is 33.2 Å². The van der Waals surface area contributed by atoms with Crippen LogP contribution in [0.15, 0.2) is 9.59 Å². The molecule has 0 radical (unpaired) electrons. The standard InChI is InChI=1S/C26H36N2O14/c1-9-36-19-10-17(20-24(34)27(7)26(35)28(8)25(20)42-19)21(39-14(4)31)23(41-16(6)33)22(40-15(5)32)18(38-13(3)30)11-37-12(2)29/h17-19,21-23H,9-11H2,1-8H3/t17-,18-,19-,21+,22-,23-/m1/s1. The second-order valence-corrected chi connectivity index (χ2v) is 9.44. The lowest BCUT2D eigenvalue weighted by atomic mass is 9.84. The predicted octanol–water partition coefficient (Wildman–Crippen LogP) is -0.397. The summed E-state index contributed by atoms with van der Waals surface area (Å²) < 4.78 is 40.3. The Morgan fingerprint density at radius 1 is 0.810 bits per heavy atom. The van der Waals surface area contributed by atoms with E-state index in [2.05, 4.69) is 0 Å². The summed E-state index contributed by atoms with van der Waals surface area (Å²) in [5, 5.41) is 0. The van der Waals surface area contributed by atoms with Crippen molar-refractivity contribution in [3.63, 3.8) is 0 Å². The zero-order chi connectivity index (χ0) is 31.9. The Hall–Kier alpha value is -4.21. The number of carbonyl (C=O) groups is 5. The van der Waals surface area contributed by atoms with E-state index in [0.29, 0.717) is 0 Å². The fourth-order valence-corrected chi connectivity index (χ4v) is 4.63. The molecule has 0 amide bonds. The molecule has 0 saturated heterocycles. The van der Waals surface area contributed by atoms with Crippen LogP contribution in [0, 0.1) is 0 Å². The SMILES string of the molecule is CCO[C@H]1C[C@@H]([C@H](OC(C)=O)[C@@H](OC(C)=O)[C@H](OC(C)=O)[C@@H](COC(C)=O)OC(C)=O)c2c(n(C)c(=O)n(C)c2=O)O1. The summed E-state index contributed by atoms with van der Waals surface area (Å²) in [6.07, 6.45) is -7.83. The first-order chi connectivity index (χ1) is 19.6. The van der Waals surface area contributed by atoms with Crippen LogP contribution in [-0.2, 0) is 66.5 Å². The monoisotopic (exact) mass is 600 g/mol. The Morgan fingerprint density at radius 2 is 1.36 bits per heavy atom. The van der Waals surface area contributed by atoms with Crippen molar-refractivity contribution in [3.8, 4) is 5.88 Å². The Bertz CT molecular complexity index is 1320. The van der Waals surface area contributed by atoms with Crippen molar-refractivity contribution in [1.82, 2.24) is 9.13 Å². The topological polar surface area (TPSA) is 194 Å². The van der Waals surface area contributed by atoms with E-state index in [0.717, 1.165) is 43.8 Å². The smallest absolute Gasteiger partial charge is 0.333 e. The van der Waals surface area contributed by atoms with Gasteiger partial charge in [-0.15, -0.1) is 0 Å². The van der Waals surface area contributed by atoms with Gasteiger partial charge in [-0.1, -0.05) is 0 Å². The molecule has 16 nitrogen and oxygen atoms in total. The molecule has 1 aliphatic heterocycles. The highest BCUT2D eigenvalue weighted by molar-refractivity contribution is 5.69. The largest absolute Gasteiger partial charge is 0.462 e. The molecule has 0 bridgehead atoms. The molecule has 2 rings (SSSR count). The molecule has 0 saturated carbocycles. The summed E-state index contributed by atoms with van der Waals surface area (Å²) in [6, 6.07) is 0. The second-order valence-electron chi connectivity index (χ2n) is 9.44. The van der Waals surface area contributed by atoms with Crippen LogP contribution in [0.25, 0.3) is 0 Å². The van der Waals surface area contributed by atoms with Crippen LogP contribution in [0.1, 0.15) is 59.4 Å². The minimum Gasteiger partial charge on any atom is -0.462 e. The van der Waals surface area contributed by atoms with Crippen molar-refractivity contribution < 1.29 is 57.1 Å². The molecule has 234 valence electrons. The van der Waals surface area contributed by atoms with Crippen LogP contribution in [-0.4, -0.2) is 82.9 Å². The fraction of sp³-hybridized carbons (Fsp3) is 0.654. The van der Waals surface area contributed by atoms with E-state index >= 15 is 0 Å². The van der Waals surface area contributed by atoms with Crippen LogP contribution < -0.4 is 16.0 Å². The van der Waals surface area contributed by atoms with Gasteiger partial charge in [-0.2, -0.15) is 0 Å². The molecule has 0 fully saturated rings. The molecular formula is C26H36N2O14. The van der Waals surface area contributed by atoms with Crippen LogP contribution in [0.3, 0.4) is 0 Å². The van der Waals surface area contributed by atoms with Crippen molar-refractivity contribution in [2.24, 2.45) is 14.1 Å². The molecule has 42 heavy (non-hydrogen) atoms. The van der Waals surface area contributed by atoms with Crippen LogP contribution in [0.4, 0.5) is 0 Å². The zero-order valence-corrected chi connectivity index (χ0v) is 24.7. The first kappa shape index (κ1) is 34.0. The normalized spacial score (nSPS) is 18.7. The average Bonchev–Trinajstić information content (AvgIpc) is 2.88. The maximum atomic E-state index is 13.5. The van der Waals surface area contributed by atoms with Gasteiger partial charge in [0.1, 0.15) is 12.7 Å². The highest BCUT2D eigenvalue weighted by atomic mass is 16.7. The molecule has 0 aromatic carbocycles. The molecule has 0 N–H and O–H groups in total. The Kier molecular flexibility index (Phi) is 11.8. The highest BCUT2D eigenvalue weighted by Crippen LogP contribution is 2.40. The molecule has 1 aromatic rings. The molecule has 1 aliphatic rings. The number of aromatic nitrogens is 2. The number of nitrogens with zero attached hydrogens (tertiary/aromatic N) is 2. The van der Waals surface area contributed by atoms with Gasteiger partial charge in [0.05, 0.1) is 5.56 Å². The summed E-state index contributed by atoms with van der Waals surface area (Å²) in [6.45, 7) is 6.43. The van der Waals surface area contributed by atoms with Crippen molar-refractivity contribution in [3.05, 3.63) is 26.4 Å². The maximum Gasteiger partial charge on any atom is 0.333 e. The van der Waals surface area contributed by atoms with E-state index in [9.17, 15) is 33.6 Å². The molecule has 2 heterocycles. The number of rotatable bonds is 12. The van der Waals surface area contributed by atoms with Gasteiger partial charge in [0.25, 0.3) is 5.56 Å². The fourth-order valence-electron chi connectivity index (χ4n) is 4.63. The maximum absolute atomic E-state index is 13.5. The highest BCUT2D eigenvalue weighted by Gasteiger charge is 2.50. The van der Waals surface area contributed by atoms with Gasteiger partial charge in [0, 0.05) is 67.7 Å². The minimum absolute atomic E-state index is 0.121. The number of carbonyl (C=O) groups excluding carboxylic acids is 5. The zero-order valence-electron chi connectivity index (χ0n) is 24.7. The summed E-state index contributed by atoms with van der Waals surface area (Å²) >= 11 is 0. The molecule has 16 heteroatoms. The van der Waals surface area contributed by atoms with Crippen LogP contribution >= 0.6 is 0 Å². The third-order valence-corrected chi connectivity index (χ3v) is 6.14. The number of ether oxygens (including phenoxy) is 7. The number of esters is 5. The summed E-state index contributed by atoms with van der Waals surface area (Å²) in [5.74, 6) is -5.73. The van der Waals surface area contributed by atoms with Gasteiger partial charge in [-0.3, -0.25) is 37.9 Å². The first-order valence-corrected chi connectivity index (χ1v) is 13.0. The number of hydrogen-bond donors (Lipinski definition) is 0. The van der Waals surface area contributed by atoms with E-state index in [1.165, 1.54) is 14.1 Å². The van der Waals surface area contributed by atoms with Gasteiger partial charge in [0.2, 0.25) is 12.2 Å². The van der Waals surface area contributed by atoms with Gasteiger partial charge >= 0.3 is 35.5 Å². The molecule has 0 unspecified atom stereocenters. The summed E-state index contributed by atoms with van der Waals surface area (Å²) in [5.41, 5.74) is -1.64. The average molecular weight is 601 g/mol. The van der Waals surface area contributed by atoms with E-state index < -0.39 is 84.3 Å². The molecule has 1 aromatic heterocycles. The minimum atomic E-state index is -1.74. The Labute approximate surface area is 240 Å². The van der Waals surface area contributed by atoms with Gasteiger partial charge < -0.3 is 33.2 Å². The van der Waals surface area contributed by atoms with E-state index in [-0.39, 0.29) is 24.5 Å². The van der Waals surface area contributed by atoms with Crippen molar-refractivity contribution in [1.29, 1.82) is 0 Å². The van der Waals surface area contributed by atoms with Crippen molar-refractivity contribution in [2.45, 2.75) is 84.6 Å². The summed E-state index contributed by atoms with van der Waals surface area (Å²) in [4.78, 5) is 86.9. The number of hydrogen-bond acceptors (Lipinski definition) is 14. The predicted molar refractivity (Wildman–Crippen MR) is 139 cm³/mol. The second kappa shape index (κ2) is 14.6. The molecule has 0 spiro atoms. The van der Waals surface area contributed by atoms with E-state index in [1.54, 1.807) is 6.92 Å². The van der Waals surface area contributed by atoms with E-state index in [1.807, 2.05) is 0 Å². The van der Waals surface area contributed by atoms with Gasteiger partial charge in [-0.05, 0) is 6.92 Å². The molecule has 6 atom stereocenters. The number of fused-ring (bicyclic) bond motifs is 1. The lowest BCUT2D eigenvalue weighted by Crippen LogP contribution is -2.56. The third-order valence-electron chi connectivity index (χ3n) is 6.14. The van der Waals surface area contributed by atoms with Crippen molar-refractivity contribution in [2.75, 3.05) is 13.2 Å². The Balaban J connectivity index is 2.89. The summed E-state index contributed by atoms with van der Waals surface area (Å²) in [7, 11) is 2.59. The quantitative estimate of drug-likeness (QED) is 0.222. The van der Waals surface area contributed by atoms with Crippen molar-refractivity contribution >= 4 is 29.8 Å². The lowest BCUT2D eigenvalue weighted by molar-refractivity contribution is -0.207.